The van der Waals surface area contributed by atoms with Crippen molar-refractivity contribution in [3.05, 3.63) is 76.4 Å². The summed E-state index contributed by atoms with van der Waals surface area (Å²) in [5, 5.41) is 3.27. The van der Waals surface area contributed by atoms with Crippen LogP contribution < -0.4 is 5.32 Å². The maximum atomic E-state index is 12.3. The number of Topliss-reactive ketones (excluding diaryl/α,β-unsaturated/α-hetero) is 2. The van der Waals surface area contributed by atoms with E-state index in [9.17, 15) is 9.59 Å². The van der Waals surface area contributed by atoms with E-state index in [2.05, 4.69) is 38.2 Å². The molecule has 2 aromatic carbocycles. The van der Waals surface area contributed by atoms with E-state index >= 15 is 0 Å². The molecule has 1 aliphatic carbocycles. The Hall–Kier alpha value is -2.68. The number of ketones is 2. The Morgan fingerprint density at radius 3 is 2.17 bits per heavy atom. The van der Waals surface area contributed by atoms with Crippen molar-refractivity contribution in [3.8, 4) is 0 Å². The molecule has 0 bridgehead atoms. The Morgan fingerprint density at radius 2 is 1.62 bits per heavy atom. The molecule has 0 spiro atoms. The van der Waals surface area contributed by atoms with Crippen LogP contribution in [0.3, 0.4) is 0 Å². The molecule has 1 N–H and O–H groups in total. The third-order valence-electron chi connectivity index (χ3n) is 4.41. The summed E-state index contributed by atoms with van der Waals surface area (Å²) in [4.78, 5) is 24.6. The van der Waals surface area contributed by atoms with Gasteiger partial charge in [-0.3, -0.25) is 9.59 Å². The first kappa shape index (κ1) is 16.2. The van der Waals surface area contributed by atoms with E-state index in [4.69, 9.17) is 0 Å². The molecule has 0 saturated heterocycles. The summed E-state index contributed by atoms with van der Waals surface area (Å²) in [6, 6.07) is 13.2. The van der Waals surface area contributed by atoms with E-state index in [1.54, 1.807) is 30.3 Å². The van der Waals surface area contributed by atoms with Crippen LogP contribution in [0.4, 0.5) is 5.69 Å². The van der Waals surface area contributed by atoms with Gasteiger partial charge >= 0.3 is 0 Å². The van der Waals surface area contributed by atoms with E-state index in [-0.39, 0.29) is 17.1 Å². The number of fused-ring (bicyclic) bond motifs is 1. The number of allylic oxidation sites excluding steroid dienone is 1. The average molecular weight is 319 g/mol. The minimum absolute atomic E-state index is 0.177. The molecule has 0 aliphatic heterocycles. The Kier molecular flexibility index (Phi) is 4.34. The normalized spacial score (nSPS) is 13.4. The van der Waals surface area contributed by atoms with E-state index in [0.29, 0.717) is 23.6 Å². The third kappa shape index (κ3) is 2.90. The molecule has 1 aliphatic rings. The highest BCUT2D eigenvalue weighted by Gasteiger charge is 2.32. The summed E-state index contributed by atoms with van der Waals surface area (Å²) in [6.07, 6.45) is 1.69. The topological polar surface area (TPSA) is 46.2 Å². The SMILES string of the molecule is Cc1cc(NCC=C2C(=O)c3ccccc3C2=O)ccc1C(C)C. The van der Waals surface area contributed by atoms with Gasteiger partial charge in [0.1, 0.15) is 0 Å². The minimum atomic E-state index is -0.177. The fraction of sp³-hybridized carbons (Fsp3) is 0.238. The summed E-state index contributed by atoms with van der Waals surface area (Å²) in [5.74, 6) is 0.140. The zero-order valence-electron chi connectivity index (χ0n) is 14.2. The van der Waals surface area contributed by atoms with Crippen molar-refractivity contribution >= 4 is 17.3 Å². The number of nitrogens with one attached hydrogen (secondary N) is 1. The molecular weight excluding hydrogens is 298 g/mol. The van der Waals surface area contributed by atoms with Gasteiger partial charge in [0.15, 0.2) is 11.6 Å². The molecule has 0 amide bonds. The van der Waals surface area contributed by atoms with Crippen molar-refractivity contribution in [2.45, 2.75) is 26.7 Å². The van der Waals surface area contributed by atoms with Gasteiger partial charge < -0.3 is 5.32 Å². The van der Waals surface area contributed by atoms with Gasteiger partial charge in [-0.1, -0.05) is 50.3 Å². The highest BCUT2D eigenvalue weighted by Crippen LogP contribution is 2.26. The van der Waals surface area contributed by atoms with Crippen LogP contribution in [0.1, 0.15) is 51.6 Å². The van der Waals surface area contributed by atoms with E-state index < -0.39 is 0 Å². The lowest BCUT2D eigenvalue weighted by Gasteiger charge is -2.12. The predicted molar refractivity (Wildman–Crippen MR) is 96.9 cm³/mol. The number of rotatable bonds is 4. The van der Waals surface area contributed by atoms with E-state index in [0.717, 1.165) is 5.69 Å². The summed E-state index contributed by atoms with van der Waals surface area (Å²) < 4.78 is 0. The quantitative estimate of drug-likeness (QED) is 0.665. The highest BCUT2D eigenvalue weighted by molar-refractivity contribution is 6.39. The lowest BCUT2D eigenvalue weighted by Crippen LogP contribution is -2.06. The van der Waals surface area contributed by atoms with Crippen LogP contribution in [-0.4, -0.2) is 18.1 Å². The van der Waals surface area contributed by atoms with Crippen LogP contribution in [0.5, 0.6) is 0 Å². The fourth-order valence-electron chi connectivity index (χ4n) is 3.16. The van der Waals surface area contributed by atoms with Crippen molar-refractivity contribution in [3.63, 3.8) is 0 Å². The summed E-state index contributed by atoms with van der Waals surface area (Å²) >= 11 is 0. The summed E-state index contributed by atoms with van der Waals surface area (Å²) in [5.41, 5.74) is 4.83. The molecule has 0 aromatic heterocycles. The predicted octanol–water partition coefficient (Wildman–Crippen LogP) is 4.54. The second-order valence-corrected chi connectivity index (χ2v) is 6.43. The second kappa shape index (κ2) is 6.44. The van der Waals surface area contributed by atoms with E-state index in [1.807, 2.05) is 6.07 Å². The second-order valence-electron chi connectivity index (χ2n) is 6.43. The molecule has 122 valence electrons. The number of hydrogen-bond acceptors (Lipinski definition) is 3. The van der Waals surface area contributed by atoms with Crippen LogP contribution in [0.2, 0.25) is 0 Å². The molecule has 3 rings (SSSR count). The van der Waals surface area contributed by atoms with Crippen LogP contribution in [0.25, 0.3) is 0 Å². The van der Waals surface area contributed by atoms with Gasteiger partial charge in [-0.25, -0.2) is 0 Å². The first-order valence-corrected chi connectivity index (χ1v) is 8.22. The first-order chi connectivity index (χ1) is 11.5. The first-order valence-electron chi connectivity index (χ1n) is 8.22. The van der Waals surface area contributed by atoms with Gasteiger partial charge in [0.05, 0.1) is 5.57 Å². The Balaban J connectivity index is 1.73. The van der Waals surface area contributed by atoms with Crippen LogP contribution in [-0.2, 0) is 0 Å². The Bertz CT molecular complexity index is 810. The molecule has 0 radical (unpaired) electrons. The highest BCUT2D eigenvalue weighted by atomic mass is 16.2. The van der Waals surface area contributed by atoms with Crippen LogP contribution in [0.15, 0.2) is 54.1 Å². The molecular formula is C21H21NO2. The van der Waals surface area contributed by atoms with E-state index in [1.165, 1.54) is 11.1 Å². The third-order valence-corrected chi connectivity index (χ3v) is 4.41. The summed E-state index contributed by atoms with van der Waals surface area (Å²) in [7, 11) is 0. The number of aryl methyl sites for hydroxylation is 1. The average Bonchev–Trinajstić information content (AvgIpc) is 2.80. The molecule has 0 heterocycles. The zero-order chi connectivity index (χ0) is 17.3. The Labute approximate surface area is 142 Å². The molecule has 3 nitrogen and oxygen atoms in total. The largest absolute Gasteiger partial charge is 0.382 e. The number of anilines is 1. The van der Waals surface area contributed by atoms with Gasteiger partial charge in [0, 0.05) is 23.4 Å². The van der Waals surface area contributed by atoms with Crippen molar-refractivity contribution in [1.82, 2.24) is 0 Å². The van der Waals surface area contributed by atoms with Gasteiger partial charge in [0.2, 0.25) is 0 Å². The standard InChI is InChI=1S/C21H21NO2/c1-13(2)16-9-8-15(12-14(16)3)22-11-10-19-20(23)17-6-4-5-7-18(17)21(19)24/h4-10,12-13,22H,11H2,1-3H3. The van der Waals surface area contributed by atoms with Gasteiger partial charge in [-0.2, -0.15) is 0 Å². The number of carbonyl (C=O) groups excluding carboxylic acids is 2. The van der Waals surface area contributed by atoms with Crippen molar-refractivity contribution in [1.29, 1.82) is 0 Å². The zero-order valence-corrected chi connectivity index (χ0v) is 14.2. The molecule has 0 unspecified atom stereocenters. The molecule has 3 heteroatoms. The maximum Gasteiger partial charge on any atom is 0.197 e. The molecule has 2 aromatic rings. The molecule has 0 fully saturated rings. The molecule has 0 saturated carbocycles. The summed E-state index contributed by atoms with van der Waals surface area (Å²) in [6.45, 7) is 6.89. The number of carbonyl (C=O) groups is 2. The van der Waals surface area contributed by atoms with Crippen molar-refractivity contribution in [2.24, 2.45) is 0 Å². The van der Waals surface area contributed by atoms with Crippen LogP contribution >= 0.6 is 0 Å². The van der Waals surface area contributed by atoms with Gasteiger partial charge in [-0.05, 0) is 36.1 Å². The van der Waals surface area contributed by atoms with Gasteiger partial charge in [0.25, 0.3) is 0 Å². The number of hydrogen-bond donors (Lipinski definition) is 1. The smallest absolute Gasteiger partial charge is 0.197 e. The molecule has 24 heavy (non-hydrogen) atoms. The fourth-order valence-corrected chi connectivity index (χ4v) is 3.16. The Morgan fingerprint density at radius 1 is 1.00 bits per heavy atom. The number of benzene rings is 2. The van der Waals surface area contributed by atoms with Crippen molar-refractivity contribution in [2.75, 3.05) is 11.9 Å². The minimum Gasteiger partial charge on any atom is -0.382 e. The lowest BCUT2D eigenvalue weighted by atomic mass is 9.98. The lowest BCUT2D eigenvalue weighted by molar-refractivity contribution is 0.0988. The monoisotopic (exact) mass is 319 g/mol. The van der Waals surface area contributed by atoms with Crippen molar-refractivity contribution < 1.29 is 9.59 Å². The molecule has 0 atom stereocenters. The van der Waals surface area contributed by atoms with Gasteiger partial charge in [-0.15, -0.1) is 0 Å². The van der Waals surface area contributed by atoms with Crippen LogP contribution in [0, 0.1) is 6.92 Å². The maximum absolute atomic E-state index is 12.3.